The Balaban J connectivity index is 1.94. The fraction of sp³-hybridized carbons (Fsp3) is 0.333. The van der Waals surface area contributed by atoms with Gasteiger partial charge < -0.3 is 4.52 Å². The van der Waals surface area contributed by atoms with Crippen LogP contribution in [0.5, 0.6) is 0 Å². The van der Waals surface area contributed by atoms with E-state index in [2.05, 4.69) is 0 Å². The molecule has 0 radical (unpaired) electrons. The lowest BCUT2D eigenvalue weighted by atomic mass is 10.0. The molecule has 8 nitrogen and oxygen atoms in total. The van der Waals surface area contributed by atoms with Crippen LogP contribution in [0.25, 0.3) is 0 Å². The molecule has 0 saturated carbocycles. The second-order valence-corrected chi connectivity index (χ2v) is 9.16. The number of hydrogen-bond acceptors (Lipinski definition) is 6. The largest absolute Gasteiger partial charge is 0.328 e. The minimum absolute atomic E-state index is 0.0186. The maximum absolute atomic E-state index is 13.8. The van der Waals surface area contributed by atoms with E-state index in [9.17, 15) is 24.8 Å². The molecule has 9 heteroatoms. The van der Waals surface area contributed by atoms with Crippen LogP contribution in [-0.2, 0) is 9.09 Å². The molecular weight excluding hydrogens is 371 g/mol. The van der Waals surface area contributed by atoms with Gasteiger partial charge in [0.25, 0.3) is 11.4 Å². The minimum atomic E-state index is -3.15. The molecule has 0 amide bonds. The first-order valence-electron chi connectivity index (χ1n) is 8.59. The fourth-order valence-electron chi connectivity index (χ4n) is 3.66. The Kier molecular flexibility index (Phi) is 5.39. The quantitative estimate of drug-likeness (QED) is 0.371. The Morgan fingerprint density at radius 2 is 1.26 bits per heavy atom. The first-order valence-corrected chi connectivity index (χ1v) is 10.4. The SMILES string of the molecule is CCOP1(=O)[C@H](c2ccc([N+](=O)[O-])cc2)CC[C@H]1c1ccc([N+](=O)[O-])cc1. The molecule has 1 aliphatic heterocycles. The van der Waals surface area contributed by atoms with Gasteiger partial charge >= 0.3 is 0 Å². The monoisotopic (exact) mass is 390 g/mol. The van der Waals surface area contributed by atoms with Crippen molar-refractivity contribution in [3.05, 3.63) is 79.9 Å². The van der Waals surface area contributed by atoms with E-state index in [1.54, 1.807) is 31.2 Å². The van der Waals surface area contributed by atoms with Crippen LogP contribution in [0, 0.1) is 20.2 Å². The Morgan fingerprint density at radius 1 is 0.889 bits per heavy atom. The van der Waals surface area contributed by atoms with Crippen molar-refractivity contribution in [3.63, 3.8) is 0 Å². The molecule has 0 N–H and O–H groups in total. The van der Waals surface area contributed by atoms with E-state index >= 15 is 0 Å². The molecule has 0 spiro atoms. The number of nitro benzene ring substituents is 2. The Labute approximate surface area is 155 Å². The van der Waals surface area contributed by atoms with Gasteiger partial charge in [0.2, 0.25) is 7.37 Å². The molecule has 1 heterocycles. The van der Waals surface area contributed by atoms with Crippen LogP contribution >= 0.6 is 7.37 Å². The highest BCUT2D eigenvalue weighted by molar-refractivity contribution is 7.60. The predicted molar refractivity (Wildman–Crippen MR) is 100 cm³/mol. The van der Waals surface area contributed by atoms with Crippen molar-refractivity contribution < 1.29 is 18.9 Å². The number of hydrogen-bond donors (Lipinski definition) is 0. The van der Waals surface area contributed by atoms with Crippen molar-refractivity contribution in [2.45, 2.75) is 31.1 Å². The first kappa shape index (κ1) is 19.2. The van der Waals surface area contributed by atoms with Gasteiger partial charge in [0.15, 0.2) is 0 Å². The van der Waals surface area contributed by atoms with E-state index in [4.69, 9.17) is 4.52 Å². The molecule has 2 aromatic rings. The summed E-state index contributed by atoms with van der Waals surface area (Å²) in [4.78, 5) is 20.8. The van der Waals surface area contributed by atoms with E-state index < -0.39 is 17.2 Å². The molecule has 1 saturated heterocycles. The molecular formula is C18H19N2O6P. The van der Waals surface area contributed by atoms with Gasteiger partial charge in [-0.3, -0.25) is 24.8 Å². The van der Waals surface area contributed by atoms with Crippen LogP contribution in [0.4, 0.5) is 11.4 Å². The zero-order valence-corrected chi connectivity index (χ0v) is 15.6. The van der Waals surface area contributed by atoms with Gasteiger partial charge in [0.05, 0.1) is 27.8 Å². The van der Waals surface area contributed by atoms with Crippen LogP contribution in [0.2, 0.25) is 0 Å². The molecule has 0 bridgehead atoms. The van der Waals surface area contributed by atoms with Crippen LogP contribution in [0.15, 0.2) is 48.5 Å². The molecule has 2 atom stereocenters. The molecule has 3 rings (SSSR count). The van der Waals surface area contributed by atoms with Crippen molar-refractivity contribution in [3.8, 4) is 0 Å². The zero-order chi connectivity index (χ0) is 19.6. The summed E-state index contributed by atoms with van der Waals surface area (Å²) in [5.74, 6) is 0. The maximum Gasteiger partial charge on any atom is 0.269 e. The number of rotatable bonds is 6. The highest BCUT2D eigenvalue weighted by atomic mass is 31.2. The van der Waals surface area contributed by atoms with E-state index in [1.165, 1.54) is 24.3 Å². The summed E-state index contributed by atoms with van der Waals surface area (Å²) >= 11 is 0. The van der Waals surface area contributed by atoms with Crippen molar-refractivity contribution in [1.82, 2.24) is 0 Å². The molecule has 0 aromatic heterocycles. The topological polar surface area (TPSA) is 113 Å². The van der Waals surface area contributed by atoms with Gasteiger partial charge in [-0.2, -0.15) is 0 Å². The fourth-order valence-corrected chi connectivity index (χ4v) is 7.05. The van der Waals surface area contributed by atoms with E-state index in [0.29, 0.717) is 12.8 Å². The third kappa shape index (κ3) is 3.63. The highest BCUT2D eigenvalue weighted by Gasteiger charge is 2.48. The molecule has 142 valence electrons. The summed E-state index contributed by atoms with van der Waals surface area (Å²) in [5, 5.41) is 21.7. The van der Waals surface area contributed by atoms with Gasteiger partial charge in [-0.05, 0) is 30.9 Å². The second kappa shape index (κ2) is 7.58. The first-order chi connectivity index (χ1) is 12.9. The van der Waals surface area contributed by atoms with Gasteiger partial charge in [-0.15, -0.1) is 0 Å². The third-order valence-corrected chi connectivity index (χ3v) is 8.40. The number of nitrogens with zero attached hydrogens (tertiary/aromatic N) is 2. The average Bonchev–Trinajstić information content (AvgIpc) is 2.99. The van der Waals surface area contributed by atoms with Gasteiger partial charge in [-0.25, -0.2) is 0 Å². The smallest absolute Gasteiger partial charge is 0.269 e. The summed E-state index contributed by atoms with van der Waals surface area (Å²) in [6.45, 7) is 2.06. The normalized spacial score (nSPS) is 21.1. The highest BCUT2D eigenvalue weighted by Crippen LogP contribution is 2.76. The maximum atomic E-state index is 13.8. The Hall–Kier alpha value is -2.57. The van der Waals surface area contributed by atoms with Crippen LogP contribution in [0.3, 0.4) is 0 Å². The summed E-state index contributed by atoms with van der Waals surface area (Å²) in [5.41, 5.74) is 0.769. The number of nitro groups is 2. The molecule has 1 fully saturated rings. The van der Waals surface area contributed by atoms with E-state index in [-0.39, 0.29) is 29.3 Å². The predicted octanol–water partition coefficient (Wildman–Crippen LogP) is 5.39. The lowest BCUT2D eigenvalue weighted by Gasteiger charge is -2.26. The Bertz CT molecular complexity index is 828. The summed E-state index contributed by atoms with van der Waals surface area (Å²) in [6.07, 6.45) is 1.24. The van der Waals surface area contributed by atoms with Gasteiger partial charge in [0, 0.05) is 24.3 Å². The number of non-ortho nitro benzene ring substituents is 2. The van der Waals surface area contributed by atoms with Crippen molar-refractivity contribution >= 4 is 18.7 Å². The summed E-state index contributed by atoms with van der Waals surface area (Å²) < 4.78 is 19.6. The van der Waals surface area contributed by atoms with Crippen LogP contribution in [-0.4, -0.2) is 16.5 Å². The standard InChI is InChI=1S/C18H19N2O6P/c1-2-26-27(25)17(13-3-7-15(8-4-13)19(21)22)11-12-18(27)14-5-9-16(10-6-14)20(23)24/h3-10,17-18H,2,11-12H2,1H3/t17-,18-/m0/s1. The second-order valence-electron chi connectivity index (χ2n) is 6.37. The summed E-state index contributed by atoms with van der Waals surface area (Å²) in [6, 6.07) is 12.2. The molecule has 27 heavy (non-hydrogen) atoms. The van der Waals surface area contributed by atoms with Crippen molar-refractivity contribution in [2.75, 3.05) is 6.61 Å². The average molecular weight is 390 g/mol. The molecule has 0 unspecified atom stereocenters. The van der Waals surface area contributed by atoms with Gasteiger partial charge in [-0.1, -0.05) is 24.3 Å². The van der Waals surface area contributed by atoms with Gasteiger partial charge in [0.1, 0.15) is 0 Å². The molecule has 0 aliphatic carbocycles. The minimum Gasteiger partial charge on any atom is -0.328 e. The number of benzene rings is 2. The lowest BCUT2D eigenvalue weighted by molar-refractivity contribution is -0.385. The molecule has 2 aromatic carbocycles. The summed E-state index contributed by atoms with van der Waals surface area (Å²) in [7, 11) is -3.15. The van der Waals surface area contributed by atoms with E-state index in [1.807, 2.05) is 0 Å². The van der Waals surface area contributed by atoms with Crippen molar-refractivity contribution in [2.24, 2.45) is 0 Å². The lowest BCUT2D eigenvalue weighted by Crippen LogP contribution is -2.03. The third-order valence-electron chi connectivity index (χ3n) is 4.89. The van der Waals surface area contributed by atoms with E-state index in [0.717, 1.165) is 11.1 Å². The Morgan fingerprint density at radius 3 is 1.56 bits per heavy atom. The van der Waals surface area contributed by atoms with Crippen LogP contribution in [0.1, 0.15) is 42.2 Å². The van der Waals surface area contributed by atoms with Crippen LogP contribution < -0.4 is 0 Å². The molecule has 1 aliphatic rings. The zero-order valence-electron chi connectivity index (χ0n) is 14.7. The van der Waals surface area contributed by atoms with Crippen molar-refractivity contribution in [1.29, 1.82) is 0 Å².